The number of nitrogens with one attached hydrogen (secondary N) is 3. The van der Waals surface area contributed by atoms with Crippen molar-refractivity contribution in [3.8, 4) is 11.4 Å². The third-order valence-electron chi connectivity index (χ3n) is 3.90. The van der Waals surface area contributed by atoms with Crippen LogP contribution in [0.5, 0.6) is 0 Å². The number of nitrogens with two attached hydrogens (primary N) is 1. The highest BCUT2D eigenvalue weighted by molar-refractivity contribution is 6.04. The molecule has 0 saturated heterocycles. The highest BCUT2D eigenvalue weighted by Gasteiger charge is 2.09. The molecule has 1 amide bonds. The Morgan fingerprint density at radius 2 is 1.80 bits per heavy atom. The molecule has 25 heavy (non-hydrogen) atoms. The number of carbonyl (C=O) groups excluding carboxylic acids is 1. The normalized spacial score (nSPS) is 10.7. The molecule has 4 rings (SSSR count). The first-order valence-electron chi connectivity index (χ1n) is 7.82. The predicted molar refractivity (Wildman–Crippen MR) is 96.9 cm³/mol. The maximum absolute atomic E-state index is 12.2. The summed E-state index contributed by atoms with van der Waals surface area (Å²) in [5.41, 5.74) is 10.4. The maximum atomic E-state index is 12.2. The SMILES string of the molecule is Nc1ccc(-c2nc3ccc(NC(=O)c4cc[nH+]cc4)cc3[nH]2)cc1. The second-order valence-electron chi connectivity index (χ2n) is 5.68. The summed E-state index contributed by atoms with van der Waals surface area (Å²) in [6.45, 7) is 0. The molecule has 4 aromatic rings. The molecule has 2 aromatic carbocycles. The predicted octanol–water partition coefficient (Wildman–Crippen LogP) is 2.88. The molecule has 6 heteroatoms. The van der Waals surface area contributed by atoms with E-state index in [1.807, 2.05) is 42.5 Å². The van der Waals surface area contributed by atoms with E-state index in [1.54, 1.807) is 24.5 Å². The summed E-state index contributed by atoms with van der Waals surface area (Å²) in [7, 11) is 0. The van der Waals surface area contributed by atoms with Crippen LogP contribution in [0.15, 0.2) is 67.0 Å². The van der Waals surface area contributed by atoms with Crippen molar-refractivity contribution in [2.45, 2.75) is 0 Å². The van der Waals surface area contributed by atoms with Gasteiger partial charge in [0.1, 0.15) is 5.82 Å². The molecule has 6 nitrogen and oxygen atoms in total. The number of carbonyl (C=O) groups is 1. The monoisotopic (exact) mass is 330 g/mol. The number of nitrogens with zero attached hydrogens (tertiary/aromatic N) is 1. The summed E-state index contributed by atoms with van der Waals surface area (Å²) < 4.78 is 0. The van der Waals surface area contributed by atoms with Gasteiger partial charge in [0.25, 0.3) is 5.91 Å². The highest BCUT2D eigenvalue weighted by atomic mass is 16.1. The Morgan fingerprint density at radius 1 is 1.04 bits per heavy atom. The first kappa shape index (κ1) is 14.9. The van der Waals surface area contributed by atoms with Crippen molar-refractivity contribution in [3.63, 3.8) is 0 Å². The number of rotatable bonds is 3. The number of H-pyrrole nitrogens is 2. The van der Waals surface area contributed by atoms with Gasteiger partial charge in [-0.05, 0) is 42.5 Å². The second kappa shape index (κ2) is 6.09. The van der Waals surface area contributed by atoms with Crippen molar-refractivity contribution in [2.24, 2.45) is 0 Å². The lowest BCUT2D eigenvalue weighted by atomic mass is 10.2. The van der Waals surface area contributed by atoms with Crippen molar-refractivity contribution in [1.29, 1.82) is 0 Å². The number of hydrogen-bond acceptors (Lipinski definition) is 3. The van der Waals surface area contributed by atoms with Crippen LogP contribution < -0.4 is 16.0 Å². The van der Waals surface area contributed by atoms with Gasteiger partial charge in [-0.15, -0.1) is 0 Å². The average Bonchev–Trinajstić information content (AvgIpc) is 3.06. The third kappa shape index (κ3) is 3.05. The Labute approximate surface area is 143 Å². The van der Waals surface area contributed by atoms with E-state index in [9.17, 15) is 4.79 Å². The molecule has 2 aromatic heterocycles. The zero-order chi connectivity index (χ0) is 17.2. The largest absolute Gasteiger partial charge is 0.399 e. The minimum absolute atomic E-state index is 0.161. The lowest BCUT2D eigenvalue weighted by molar-refractivity contribution is -0.378. The number of fused-ring (bicyclic) bond motifs is 1. The minimum atomic E-state index is -0.161. The summed E-state index contributed by atoms with van der Waals surface area (Å²) in [5, 5.41) is 2.89. The van der Waals surface area contributed by atoms with Crippen molar-refractivity contribution >= 4 is 28.3 Å². The zero-order valence-corrected chi connectivity index (χ0v) is 13.3. The maximum Gasteiger partial charge on any atom is 0.256 e. The second-order valence-corrected chi connectivity index (χ2v) is 5.68. The molecule has 0 unspecified atom stereocenters. The Morgan fingerprint density at radius 3 is 2.56 bits per heavy atom. The van der Waals surface area contributed by atoms with Gasteiger partial charge in [-0.25, -0.2) is 9.97 Å². The van der Waals surface area contributed by atoms with E-state index in [0.29, 0.717) is 16.9 Å². The Bertz CT molecular complexity index is 1040. The van der Waals surface area contributed by atoms with Crippen LogP contribution in [-0.2, 0) is 0 Å². The van der Waals surface area contributed by atoms with Gasteiger partial charge in [-0.2, -0.15) is 0 Å². The lowest BCUT2D eigenvalue weighted by Gasteiger charge is -2.04. The van der Waals surface area contributed by atoms with Crippen LogP contribution in [0.1, 0.15) is 10.4 Å². The van der Waals surface area contributed by atoms with E-state index >= 15 is 0 Å². The number of aromatic nitrogens is 3. The summed E-state index contributed by atoms with van der Waals surface area (Å²) in [4.78, 5) is 23.0. The van der Waals surface area contributed by atoms with Crippen LogP contribution in [-0.4, -0.2) is 15.9 Å². The fourth-order valence-electron chi connectivity index (χ4n) is 2.61. The summed E-state index contributed by atoms with van der Waals surface area (Å²) in [6, 6.07) is 16.5. The van der Waals surface area contributed by atoms with Crippen LogP contribution in [0.4, 0.5) is 11.4 Å². The van der Waals surface area contributed by atoms with Crippen LogP contribution >= 0.6 is 0 Å². The minimum Gasteiger partial charge on any atom is -0.399 e. The quantitative estimate of drug-likeness (QED) is 0.504. The van der Waals surface area contributed by atoms with E-state index < -0.39 is 0 Å². The molecular formula is C19H16N5O+. The number of pyridine rings is 1. The molecule has 122 valence electrons. The highest BCUT2D eigenvalue weighted by Crippen LogP contribution is 2.23. The number of aromatic amines is 2. The van der Waals surface area contributed by atoms with Crippen molar-refractivity contribution < 1.29 is 9.78 Å². The smallest absolute Gasteiger partial charge is 0.256 e. The molecule has 0 aliphatic heterocycles. The van der Waals surface area contributed by atoms with Gasteiger partial charge in [0.05, 0.1) is 16.6 Å². The standard InChI is InChI=1S/C19H15N5O/c20-14-3-1-12(2-4-14)18-23-16-6-5-15(11-17(16)24-18)22-19(25)13-7-9-21-10-8-13/h1-11H,20H2,(H,22,25)(H,23,24)/p+1. The zero-order valence-electron chi connectivity index (χ0n) is 13.3. The van der Waals surface area contributed by atoms with Gasteiger partial charge in [0.2, 0.25) is 0 Å². The average molecular weight is 330 g/mol. The summed E-state index contributed by atoms with van der Waals surface area (Å²) in [6.07, 6.45) is 3.43. The van der Waals surface area contributed by atoms with Gasteiger partial charge in [0, 0.05) is 29.1 Å². The van der Waals surface area contributed by atoms with Crippen molar-refractivity contribution in [2.75, 3.05) is 11.1 Å². The summed E-state index contributed by atoms with van der Waals surface area (Å²) in [5.74, 6) is 0.601. The third-order valence-corrected chi connectivity index (χ3v) is 3.90. The molecular weight excluding hydrogens is 314 g/mol. The van der Waals surface area contributed by atoms with Crippen LogP contribution in [0.25, 0.3) is 22.4 Å². The van der Waals surface area contributed by atoms with Crippen molar-refractivity contribution in [3.05, 3.63) is 72.6 Å². The van der Waals surface area contributed by atoms with Gasteiger partial charge in [0.15, 0.2) is 12.4 Å². The van der Waals surface area contributed by atoms with E-state index in [1.165, 1.54) is 0 Å². The number of nitrogen functional groups attached to an aromatic ring is 1. The molecule has 0 spiro atoms. The van der Waals surface area contributed by atoms with E-state index in [0.717, 1.165) is 22.4 Å². The van der Waals surface area contributed by atoms with E-state index in [4.69, 9.17) is 5.73 Å². The number of hydrogen-bond donors (Lipinski definition) is 3. The topological polar surface area (TPSA) is 97.9 Å². The van der Waals surface area contributed by atoms with Crippen LogP contribution in [0, 0.1) is 0 Å². The van der Waals surface area contributed by atoms with Crippen LogP contribution in [0.3, 0.4) is 0 Å². The number of amides is 1. The fraction of sp³-hybridized carbons (Fsp3) is 0. The molecule has 0 aliphatic rings. The van der Waals surface area contributed by atoms with Gasteiger partial charge < -0.3 is 16.0 Å². The Kier molecular flexibility index (Phi) is 3.63. The number of imidazole rings is 1. The number of benzene rings is 2. The first-order valence-corrected chi connectivity index (χ1v) is 7.82. The molecule has 0 saturated carbocycles. The number of anilines is 2. The van der Waals surface area contributed by atoms with Gasteiger partial charge >= 0.3 is 0 Å². The molecule has 0 aliphatic carbocycles. The molecule has 0 radical (unpaired) electrons. The van der Waals surface area contributed by atoms with E-state index in [2.05, 4.69) is 20.3 Å². The Balaban J connectivity index is 1.62. The van der Waals surface area contributed by atoms with Gasteiger partial charge in [-0.1, -0.05) is 0 Å². The Hall–Kier alpha value is -3.67. The first-order chi connectivity index (χ1) is 12.2. The molecule has 0 atom stereocenters. The fourth-order valence-corrected chi connectivity index (χ4v) is 2.61. The molecule has 0 bridgehead atoms. The summed E-state index contributed by atoms with van der Waals surface area (Å²) >= 11 is 0. The molecule has 5 N–H and O–H groups in total. The lowest BCUT2D eigenvalue weighted by Crippen LogP contribution is -2.13. The van der Waals surface area contributed by atoms with Crippen LogP contribution in [0.2, 0.25) is 0 Å². The van der Waals surface area contributed by atoms with E-state index in [-0.39, 0.29) is 5.91 Å². The van der Waals surface area contributed by atoms with Crippen molar-refractivity contribution in [1.82, 2.24) is 9.97 Å². The molecule has 2 heterocycles. The van der Waals surface area contributed by atoms with Gasteiger partial charge in [-0.3, -0.25) is 4.79 Å². The molecule has 0 fully saturated rings.